The molecule has 0 aliphatic heterocycles. The van der Waals surface area contributed by atoms with Crippen molar-refractivity contribution in [3.63, 3.8) is 0 Å². The van der Waals surface area contributed by atoms with Crippen molar-refractivity contribution in [1.82, 2.24) is 0 Å². The van der Waals surface area contributed by atoms with Crippen LogP contribution in [0.3, 0.4) is 0 Å². The number of hydrogen-bond acceptors (Lipinski definition) is 4. The molecule has 0 bridgehead atoms. The van der Waals surface area contributed by atoms with Gasteiger partial charge >= 0.3 is 0 Å². The number of aryl methyl sites for hydroxylation is 2. The van der Waals surface area contributed by atoms with Crippen molar-refractivity contribution in [2.24, 2.45) is 5.73 Å². The molecule has 1 aromatic heterocycles. The largest absolute Gasteiger partial charge is 0.483 e. The van der Waals surface area contributed by atoms with E-state index >= 15 is 0 Å². The fraction of sp³-hybridized carbons (Fsp3) is 0.353. The summed E-state index contributed by atoms with van der Waals surface area (Å²) in [5.41, 5.74) is 8.84. The van der Waals surface area contributed by atoms with E-state index in [0.29, 0.717) is 5.56 Å². The molecular formula is C17H20N2OS. The van der Waals surface area contributed by atoms with Crippen molar-refractivity contribution in [2.75, 3.05) is 0 Å². The van der Waals surface area contributed by atoms with Crippen molar-refractivity contribution in [3.05, 3.63) is 51.2 Å². The van der Waals surface area contributed by atoms with E-state index in [4.69, 9.17) is 15.7 Å². The molecule has 110 valence electrons. The van der Waals surface area contributed by atoms with Gasteiger partial charge in [0.1, 0.15) is 11.9 Å². The molecule has 0 fully saturated rings. The normalized spacial score (nSPS) is 13.5. The van der Waals surface area contributed by atoms with Gasteiger partial charge in [0, 0.05) is 10.9 Å². The molecule has 2 N–H and O–H groups in total. The van der Waals surface area contributed by atoms with Crippen LogP contribution < -0.4 is 10.5 Å². The fourth-order valence-electron chi connectivity index (χ4n) is 2.35. The number of thiophene rings is 1. The van der Waals surface area contributed by atoms with Gasteiger partial charge in [0.2, 0.25) is 0 Å². The van der Waals surface area contributed by atoms with Crippen LogP contribution in [0.5, 0.6) is 5.75 Å². The zero-order chi connectivity index (χ0) is 15.4. The van der Waals surface area contributed by atoms with Crippen molar-refractivity contribution in [2.45, 2.75) is 39.3 Å². The SMILES string of the molecule is CCC(N)C(Oc1c(C)cc(C#N)cc1C)c1cccs1. The van der Waals surface area contributed by atoms with Crippen LogP contribution >= 0.6 is 11.3 Å². The van der Waals surface area contributed by atoms with Gasteiger partial charge in [-0.2, -0.15) is 5.26 Å². The maximum atomic E-state index is 9.03. The Labute approximate surface area is 130 Å². The van der Waals surface area contributed by atoms with E-state index in [2.05, 4.69) is 19.1 Å². The summed E-state index contributed by atoms with van der Waals surface area (Å²) < 4.78 is 6.25. The molecule has 2 atom stereocenters. The van der Waals surface area contributed by atoms with Crippen LogP contribution in [-0.4, -0.2) is 6.04 Å². The Hall–Kier alpha value is -1.83. The van der Waals surface area contributed by atoms with Crippen molar-refractivity contribution in [3.8, 4) is 11.8 Å². The first kappa shape index (κ1) is 15.6. The Balaban J connectivity index is 2.36. The van der Waals surface area contributed by atoms with Gasteiger partial charge in [-0.3, -0.25) is 0 Å². The molecule has 3 nitrogen and oxygen atoms in total. The number of nitrogens with two attached hydrogens (primary N) is 1. The summed E-state index contributed by atoms with van der Waals surface area (Å²) in [4.78, 5) is 1.13. The second-order valence-corrected chi connectivity index (χ2v) is 6.16. The lowest BCUT2D eigenvalue weighted by Crippen LogP contribution is -2.31. The van der Waals surface area contributed by atoms with Crippen LogP contribution in [0.2, 0.25) is 0 Å². The van der Waals surface area contributed by atoms with E-state index in [0.717, 1.165) is 28.2 Å². The predicted octanol–water partition coefficient (Wildman–Crippen LogP) is 4.09. The number of nitrogens with zero attached hydrogens (tertiary/aromatic N) is 1. The molecule has 2 unspecified atom stereocenters. The second kappa shape index (κ2) is 6.75. The predicted molar refractivity (Wildman–Crippen MR) is 86.6 cm³/mol. The molecule has 2 aromatic rings. The van der Waals surface area contributed by atoms with Crippen LogP contribution in [0.15, 0.2) is 29.6 Å². The highest BCUT2D eigenvalue weighted by molar-refractivity contribution is 7.10. The fourth-order valence-corrected chi connectivity index (χ4v) is 3.18. The van der Waals surface area contributed by atoms with E-state index in [1.54, 1.807) is 11.3 Å². The summed E-state index contributed by atoms with van der Waals surface area (Å²) in [6.07, 6.45) is 0.692. The average molecular weight is 300 g/mol. The second-order valence-electron chi connectivity index (χ2n) is 5.18. The molecule has 0 aliphatic carbocycles. The van der Waals surface area contributed by atoms with E-state index < -0.39 is 0 Å². The maximum absolute atomic E-state index is 9.03. The van der Waals surface area contributed by atoms with Gasteiger partial charge < -0.3 is 10.5 Å². The first-order chi connectivity index (χ1) is 10.1. The average Bonchev–Trinajstić information content (AvgIpc) is 2.99. The number of benzene rings is 1. The zero-order valence-corrected chi connectivity index (χ0v) is 13.4. The summed E-state index contributed by atoms with van der Waals surface area (Å²) in [6, 6.07) is 9.89. The lowest BCUT2D eigenvalue weighted by atomic mass is 10.0. The van der Waals surface area contributed by atoms with Crippen molar-refractivity contribution >= 4 is 11.3 Å². The van der Waals surface area contributed by atoms with Gasteiger partial charge in [0.25, 0.3) is 0 Å². The quantitative estimate of drug-likeness (QED) is 0.904. The molecule has 0 amide bonds. The molecule has 4 heteroatoms. The van der Waals surface area contributed by atoms with Crippen LogP contribution in [0.4, 0.5) is 0 Å². The Kier molecular flexibility index (Phi) is 5.00. The first-order valence-electron chi connectivity index (χ1n) is 7.03. The smallest absolute Gasteiger partial charge is 0.148 e. The highest BCUT2D eigenvalue weighted by Gasteiger charge is 2.23. The van der Waals surface area contributed by atoms with Crippen LogP contribution in [0.1, 0.15) is 41.0 Å². The maximum Gasteiger partial charge on any atom is 0.148 e. The van der Waals surface area contributed by atoms with Gasteiger partial charge in [0.05, 0.1) is 11.6 Å². The minimum Gasteiger partial charge on any atom is -0.483 e. The van der Waals surface area contributed by atoms with Crippen LogP contribution in [0, 0.1) is 25.2 Å². The highest BCUT2D eigenvalue weighted by Crippen LogP contribution is 2.33. The number of nitriles is 1. The first-order valence-corrected chi connectivity index (χ1v) is 7.91. The lowest BCUT2D eigenvalue weighted by Gasteiger charge is -2.25. The minimum atomic E-state index is -0.152. The van der Waals surface area contributed by atoms with E-state index in [9.17, 15) is 0 Å². The molecule has 1 heterocycles. The molecule has 0 aliphatic rings. The highest BCUT2D eigenvalue weighted by atomic mass is 32.1. The van der Waals surface area contributed by atoms with Gasteiger partial charge in [-0.15, -0.1) is 11.3 Å². The van der Waals surface area contributed by atoms with Gasteiger partial charge in [-0.25, -0.2) is 0 Å². The number of rotatable bonds is 5. The summed E-state index contributed by atoms with van der Waals surface area (Å²) in [5, 5.41) is 11.1. The van der Waals surface area contributed by atoms with Gasteiger partial charge in [0.15, 0.2) is 0 Å². The molecule has 0 saturated heterocycles. The molecule has 0 radical (unpaired) electrons. The molecule has 2 rings (SSSR count). The molecule has 21 heavy (non-hydrogen) atoms. The minimum absolute atomic E-state index is 0.0573. The van der Waals surface area contributed by atoms with Crippen molar-refractivity contribution < 1.29 is 4.74 Å². The summed E-state index contributed by atoms with van der Waals surface area (Å²) >= 11 is 1.66. The third kappa shape index (κ3) is 3.44. The Morgan fingerprint density at radius 1 is 1.33 bits per heavy atom. The van der Waals surface area contributed by atoms with E-state index in [1.807, 2.05) is 37.4 Å². The van der Waals surface area contributed by atoms with E-state index in [-0.39, 0.29) is 12.1 Å². The topological polar surface area (TPSA) is 59.0 Å². The van der Waals surface area contributed by atoms with Crippen LogP contribution in [-0.2, 0) is 0 Å². The Morgan fingerprint density at radius 3 is 2.48 bits per heavy atom. The zero-order valence-electron chi connectivity index (χ0n) is 12.6. The van der Waals surface area contributed by atoms with Gasteiger partial charge in [-0.05, 0) is 55.0 Å². The van der Waals surface area contributed by atoms with Gasteiger partial charge in [-0.1, -0.05) is 13.0 Å². The van der Waals surface area contributed by atoms with E-state index in [1.165, 1.54) is 0 Å². The monoisotopic (exact) mass is 300 g/mol. The molecule has 0 saturated carbocycles. The van der Waals surface area contributed by atoms with Crippen molar-refractivity contribution in [1.29, 1.82) is 5.26 Å². The summed E-state index contributed by atoms with van der Waals surface area (Å²) in [6.45, 7) is 5.99. The molecule has 0 spiro atoms. The standard InChI is InChI=1S/C17H20N2OS/c1-4-14(19)17(15-6-5-7-21-15)20-16-11(2)8-13(10-18)9-12(16)3/h5-9,14,17H,4,19H2,1-3H3. The Morgan fingerprint density at radius 2 is 2.00 bits per heavy atom. The lowest BCUT2D eigenvalue weighted by molar-refractivity contribution is 0.172. The molecule has 1 aromatic carbocycles. The summed E-state index contributed by atoms with van der Waals surface area (Å²) in [7, 11) is 0. The number of ether oxygens (including phenoxy) is 1. The third-order valence-corrected chi connectivity index (χ3v) is 4.45. The Bertz CT molecular complexity index is 620. The van der Waals surface area contributed by atoms with Crippen LogP contribution in [0.25, 0.3) is 0 Å². The molecular weight excluding hydrogens is 280 g/mol. The number of hydrogen-bond donors (Lipinski definition) is 1. The summed E-state index contributed by atoms with van der Waals surface area (Å²) in [5.74, 6) is 0.830. The third-order valence-electron chi connectivity index (χ3n) is 3.52.